The number of hydrogen-bond acceptors (Lipinski definition) is 7. The van der Waals surface area contributed by atoms with E-state index in [0.29, 0.717) is 0 Å². The van der Waals surface area contributed by atoms with Crippen LogP contribution in [0, 0.1) is 12.3 Å². The van der Waals surface area contributed by atoms with Crippen LogP contribution in [0.25, 0.3) is 0 Å². The molecule has 1 aliphatic rings. The third-order valence-electron chi connectivity index (χ3n) is 4.88. The molecule has 0 radical (unpaired) electrons. The molecule has 0 aromatic heterocycles. The van der Waals surface area contributed by atoms with E-state index in [1.807, 2.05) is 60.7 Å². The van der Waals surface area contributed by atoms with Crippen molar-refractivity contribution in [1.82, 2.24) is 0 Å². The highest BCUT2D eigenvalue weighted by Gasteiger charge is 2.59. The summed E-state index contributed by atoms with van der Waals surface area (Å²) in [6.45, 7) is 2.89. The normalized spacial score (nSPS) is 24.5. The van der Waals surface area contributed by atoms with Crippen LogP contribution in [-0.4, -0.2) is 42.6 Å². The van der Waals surface area contributed by atoms with Gasteiger partial charge in [0.1, 0.15) is 6.10 Å². The molecule has 0 amide bonds. The van der Waals surface area contributed by atoms with Crippen molar-refractivity contribution in [2.75, 3.05) is 6.61 Å². The highest BCUT2D eigenvalue weighted by molar-refractivity contribution is 5.67. The number of rotatable bonds is 9. The molecule has 0 saturated carbocycles. The molecule has 32 heavy (non-hydrogen) atoms. The number of benzene rings is 2. The second-order valence-electron chi connectivity index (χ2n) is 7.40. The maximum Gasteiger partial charge on any atom is 0.305 e. The van der Waals surface area contributed by atoms with Gasteiger partial charge in [0.25, 0.3) is 0 Å². The van der Waals surface area contributed by atoms with Crippen molar-refractivity contribution in [1.29, 1.82) is 0 Å². The van der Waals surface area contributed by atoms with Crippen LogP contribution < -0.4 is 0 Å². The fourth-order valence-corrected chi connectivity index (χ4v) is 3.47. The molecule has 7 nitrogen and oxygen atoms in total. The molecule has 0 N–H and O–H groups in total. The molecule has 1 aliphatic heterocycles. The molecule has 4 atom stereocenters. The Hall–Kier alpha value is -3.18. The Bertz CT molecular complexity index is 938. The van der Waals surface area contributed by atoms with E-state index in [0.717, 1.165) is 11.1 Å². The zero-order valence-electron chi connectivity index (χ0n) is 18.1. The van der Waals surface area contributed by atoms with Crippen LogP contribution >= 0.6 is 0 Å². The maximum atomic E-state index is 11.8. The van der Waals surface area contributed by atoms with Crippen molar-refractivity contribution in [2.45, 2.75) is 51.2 Å². The van der Waals surface area contributed by atoms with Crippen LogP contribution in [0.5, 0.6) is 0 Å². The number of terminal acetylenes is 1. The summed E-state index contributed by atoms with van der Waals surface area (Å²) >= 11 is 0. The summed E-state index contributed by atoms with van der Waals surface area (Å²) in [5, 5.41) is 0. The van der Waals surface area contributed by atoms with Crippen LogP contribution in [0.4, 0.5) is 0 Å². The highest BCUT2D eigenvalue weighted by atomic mass is 16.8. The van der Waals surface area contributed by atoms with Crippen LogP contribution in [0.3, 0.4) is 0 Å². The van der Waals surface area contributed by atoms with Gasteiger partial charge in [-0.05, 0) is 11.1 Å². The van der Waals surface area contributed by atoms with Gasteiger partial charge in [-0.2, -0.15) is 0 Å². The maximum absolute atomic E-state index is 11.8. The summed E-state index contributed by atoms with van der Waals surface area (Å²) in [7, 11) is 0. The van der Waals surface area contributed by atoms with Crippen molar-refractivity contribution < 1.29 is 33.3 Å². The van der Waals surface area contributed by atoms with Crippen LogP contribution in [-0.2, 0) is 46.5 Å². The average Bonchev–Trinajstić information content (AvgIpc) is 3.05. The minimum atomic E-state index is -1.44. The van der Waals surface area contributed by atoms with E-state index < -0.39 is 36.0 Å². The van der Waals surface area contributed by atoms with Crippen LogP contribution in [0.1, 0.15) is 25.0 Å². The number of ether oxygens (including phenoxy) is 5. The summed E-state index contributed by atoms with van der Waals surface area (Å²) in [5.74, 6) is 1.42. The van der Waals surface area contributed by atoms with Gasteiger partial charge in [0.15, 0.2) is 11.7 Å². The van der Waals surface area contributed by atoms with E-state index in [1.165, 1.54) is 13.8 Å². The summed E-state index contributed by atoms with van der Waals surface area (Å²) < 4.78 is 28.6. The van der Waals surface area contributed by atoms with Gasteiger partial charge in [0.05, 0.1) is 19.8 Å². The standard InChI is InChI=1S/C25H26O7/c1-4-25(17-28-15-20-11-7-5-8-12-20)23(29-16-21-13-9-6-10-14-21)22(30-18(2)26)24(32-25)31-19(3)27/h1,5-14,22-24H,15-17H2,2-3H3/t22-,23+,24?,25?/m1/s1. The van der Waals surface area contributed by atoms with Gasteiger partial charge in [0.2, 0.25) is 6.29 Å². The zero-order valence-corrected chi connectivity index (χ0v) is 18.1. The summed E-state index contributed by atoms with van der Waals surface area (Å²) in [5.41, 5.74) is 0.401. The molecule has 1 fully saturated rings. The van der Waals surface area contributed by atoms with E-state index >= 15 is 0 Å². The molecule has 1 saturated heterocycles. The van der Waals surface area contributed by atoms with Crippen LogP contribution in [0.2, 0.25) is 0 Å². The molecule has 2 unspecified atom stereocenters. The fourth-order valence-electron chi connectivity index (χ4n) is 3.47. The van der Waals surface area contributed by atoms with Crippen molar-refractivity contribution >= 4 is 11.9 Å². The lowest BCUT2D eigenvalue weighted by atomic mass is 9.96. The highest BCUT2D eigenvalue weighted by Crippen LogP contribution is 2.37. The molecule has 2 aromatic rings. The van der Waals surface area contributed by atoms with Crippen molar-refractivity contribution in [3.05, 3.63) is 71.8 Å². The molecule has 1 heterocycles. The van der Waals surface area contributed by atoms with Crippen molar-refractivity contribution in [2.24, 2.45) is 0 Å². The first-order valence-electron chi connectivity index (χ1n) is 10.2. The Morgan fingerprint density at radius 2 is 1.50 bits per heavy atom. The summed E-state index contributed by atoms with van der Waals surface area (Å²) in [6.07, 6.45) is 2.66. The molecular weight excluding hydrogens is 412 g/mol. The summed E-state index contributed by atoms with van der Waals surface area (Å²) in [4.78, 5) is 23.4. The number of hydrogen-bond donors (Lipinski definition) is 0. The number of carbonyl (C=O) groups is 2. The minimum absolute atomic E-state index is 0.0621. The lowest BCUT2D eigenvalue weighted by Crippen LogP contribution is -2.48. The first-order chi connectivity index (χ1) is 15.4. The lowest BCUT2D eigenvalue weighted by molar-refractivity contribution is -0.203. The SMILES string of the molecule is C#CC1(COCc2ccccc2)OC(OC(C)=O)[C@H](OC(C)=O)[C@@H]1OCc1ccccc1. The van der Waals surface area contributed by atoms with E-state index in [2.05, 4.69) is 5.92 Å². The van der Waals surface area contributed by atoms with E-state index in [9.17, 15) is 9.59 Å². The van der Waals surface area contributed by atoms with Gasteiger partial charge in [-0.1, -0.05) is 66.6 Å². The predicted molar refractivity (Wildman–Crippen MR) is 115 cm³/mol. The van der Waals surface area contributed by atoms with Crippen LogP contribution in [0.15, 0.2) is 60.7 Å². The fraction of sp³-hybridized carbons (Fsp3) is 0.360. The average molecular weight is 438 g/mol. The third-order valence-corrected chi connectivity index (χ3v) is 4.88. The quantitative estimate of drug-likeness (QED) is 0.440. The molecule has 2 aromatic carbocycles. The second-order valence-corrected chi connectivity index (χ2v) is 7.40. The topological polar surface area (TPSA) is 80.3 Å². The Kier molecular flexibility index (Phi) is 8.01. The smallest absolute Gasteiger partial charge is 0.305 e. The molecule has 3 rings (SSSR count). The molecule has 7 heteroatoms. The lowest BCUT2D eigenvalue weighted by Gasteiger charge is -2.30. The van der Waals surface area contributed by atoms with Gasteiger partial charge < -0.3 is 23.7 Å². The molecular formula is C25H26O7. The zero-order chi connectivity index (χ0) is 23.0. The number of esters is 2. The third kappa shape index (κ3) is 5.95. The molecule has 0 spiro atoms. The largest absolute Gasteiger partial charge is 0.453 e. The van der Waals surface area contributed by atoms with Gasteiger partial charge in [0, 0.05) is 13.8 Å². The Labute approximate surface area is 187 Å². The monoisotopic (exact) mass is 438 g/mol. The van der Waals surface area contributed by atoms with Gasteiger partial charge in [-0.15, -0.1) is 6.42 Å². The first-order valence-corrected chi connectivity index (χ1v) is 10.2. The van der Waals surface area contributed by atoms with E-state index in [4.69, 9.17) is 30.1 Å². The molecule has 168 valence electrons. The van der Waals surface area contributed by atoms with E-state index in [-0.39, 0.29) is 19.8 Å². The van der Waals surface area contributed by atoms with E-state index in [1.54, 1.807) is 0 Å². The number of carbonyl (C=O) groups excluding carboxylic acids is 2. The molecule has 0 aliphatic carbocycles. The van der Waals surface area contributed by atoms with Crippen molar-refractivity contribution in [3.63, 3.8) is 0 Å². The Morgan fingerprint density at radius 3 is 2.03 bits per heavy atom. The van der Waals surface area contributed by atoms with Gasteiger partial charge in [-0.3, -0.25) is 9.59 Å². The predicted octanol–water partition coefficient (Wildman–Crippen LogP) is 3.01. The Morgan fingerprint density at radius 1 is 0.938 bits per heavy atom. The second kappa shape index (κ2) is 10.9. The Balaban J connectivity index is 1.84. The minimum Gasteiger partial charge on any atom is -0.453 e. The van der Waals surface area contributed by atoms with Crippen molar-refractivity contribution in [3.8, 4) is 12.3 Å². The van der Waals surface area contributed by atoms with Gasteiger partial charge >= 0.3 is 11.9 Å². The first kappa shape index (κ1) is 23.5. The molecule has 0 bridgehead atoms. The summed E-state index contributed by atoms with van der Waals surface area (Å²) in [6, 6.07) is 19.0. The van der Waals surface area contributed by atoms with Gasteiger partial charge in [-0.25, -0.2) is 0 Å².